The second-order valence-electron chi connectivity index (χ2n) is 6.93. The molecule has 0 radical (unpaired) electrons. The van der Waals surface area contributed by atoms with Crippen molar-refractivity contribution in [3.63, 3.8) is 0 Å². The fourth-order valence-electron chi connectivity index (χ4n) is 3.24. The van der Waals surface area contributed by atoms with Gasteiger partial charge < -0.3 is 19.7 Å². The third-order valence-electron chi connectivity index (χ3n) is 4.78. The summed E-state index contributed by atoms with van der Waals surface area (Å²) in [5, 5.41) is 2.47. The monoisotopic (exact) mass is 418 g/mol. The summed E-state index contributed by atoms with van der Waals surface area (Å²) in [7, 11) is 0. The maximum atomic E-state index is 12.6. The van der Waals surface area contributed by atoms with Gasteiger partial charge in [-0.15, -0.1) is 11.8 Å². The predicted octanol–water partition coefficient (Wildman–Crippen LogP) is 0.979. The number of β-lactam (4-membered cyclic amide) rings is 1. The van der Waals surface area contributed by atoms with Gasteiger partial charge in [-0.25, -0.2) is 0 Å². The molecule has 0 spiro atoms. The van der Waals surface area contributed by atoms with Crippen LogP contribution in [0.4, 0.5) is 0 Å². The topological polar surface area (TPSA) is 102 Å². The number of thioether (sulfide) groups is 1. The second-order valence-corrected chi connectivity index (χ2v) is 8.04. The second kappa shape index (κ2) is 8.69. The van der Waals surface area contributed by atoms with Gasteiger partial charge in [0.05, 0.1) is 0 Å². The van der Waals surface area contributed by atoms with Crippen molar-refractivity contribution < 1.29 is 28.7 Å². The van der Waals surface area contributed by atoms with Crippen LogP contribution in [0.5, 0.6) is 0 Å². The van der Waals surface area contributed by atoms with Crippen LogP contribution >= 0.6 is 11.8 Å². The zero-order valence-electron chi connectivity index (χ0n) is 16.0. The number of nitrogens with one attached hydrogen (secondary N) is 1. The summed E-state index contributed by atoms with van der Waals surface area (Å²) in [5.41, 5.74) is -0.684. The number of nitrogens with zero attached hydrogens (tertiary/aromatic N) is 1. The van der Waals surface area contributed by atoms with E-state index in [2.05, 4.69) is 11.9 Å². The fourth-order valence-corrected chi connectivity index (χ4v) is 4.76. The first-order valence-corrected chi connectivity index (χ1v) is 10.1. The Hall–Kier alpha value is -2.81. The molecule has 3 rings (SSSR count). The fraction of sp³-hybridized carbons (Fsp3) is 0.400. The SMILES string of the molecule is C=CCOC(=O)C1(COC(C)=O)CS[C@@H]2C(NC(=O)c3ccccc3)C(=O)N2C1. The number of carbonyl (C=O) groups excluding carboxylic acids is 4. The van der Waals surface area contributed by atoms with Gasteiger partial charge in [0, 0.05) is 24.8 Å². The van der Waals surface area contributed by atoms with Crippen LogP contribution in [0.25, 0.3) is 0 Å². The first-order chi connectivity index (χ1) is 13.9. The summed E-state index contributed by atoms with van der Waals surface area (Å²) in [6, 6.07) is 7.98. The Morgan fingerprint density at radius 3 is 2.69 bits per heavy atom. The van der Waals surface area contributed by atoms with Crippen molar-refractivity contribution in [3.8, 4) is 0 Å². The molecule has 1 aromatic carbocycles. The zero-order chi connectivity index (χ0) is 21.0. The van der Waals surface area contributed by atoms with Gasteiger partial charge in [-0.2, -0.15) is 0 Å². The number of ether oxygens (including phenoxy) is 2. The Bertz CT molecular complexity index is 830. The number of benzene rings is 1. The van der Waals surface area contributed by atoms with Crippen LogP contribution in [0.15, 0.2) is 43.0 Å². The van der Waals surface area contributed by atoms with Gasteiger partial charge >= 0.3 is 11.9 Å². The normalized spacial score (nSPS) is 25.3. The number of esters is 2. The van der Waals surface area contributed by atoms with Crippen molar-refractivity contribution in [1.29, 1.82) is 0 Å². The Morgan fingerprint density at radius 1 is 1.31 bits per heavy atom. The zero-order valence-corrected chi connectivity index (χ0v) is 16.8. The first-order valence-electron chi connectivity index (χ1n) is 9.07. The lowest BCUT2D eigenvalue weighted by Gasteiger charge is -2.53. The van der Waals surface area contributed by atoms with Crippen molar-refractivity contribution in [2.75, 3.05) is 25.5 Å². The van der Waals surface area contributed by atoms with Gasteiger partial charge in [0.15, 0.2) is 0 Å². The molecule has 0 aliphatic carbocycles. The third kappa shape index (κ3) is 4.29. The van der Waals surface area contributed by atoms with Crippen LogP contribution in [0.1, 0.15) is 17.3 Å². The van der Waals surface area contributed by atoms with E-state index in [0.29, 0.717) is 11.3 Å². The third-order valence-corrected chi connectivity index (χ3v) is 6.37. The predicted molar refractivity (Wildman–Crippen MR) is 106 cm³/mol. The molecule has 2 saturated heterocycles. The largest absolute Gasteiger partial charge is 0.465 e. The number of hydrogen-bond acceptors (Lipinski definition) is 7. The molecule has 1 aromatic rings. The summed E-state index contributed by atoms with van der Waals surface area (Å²) in [5.74, 6) is -1.38. The first kappa shape index (κ1) is 20.9. The highest BCUT2D eigenvalue weighted by molar-refractivity contribution is 8.00. The minimum absolute atomic E-state index is 0.0262. The van der Waals surface area contributed by atoms with Gasteiger partial charge in [0.2, 0.25) is 5.91 Å². The van der Waals surface area contributed by atoms with E-state index >= 15 is 0 Å². The van der Waals surface area contributed by atoms with E-state index < -0.39 is 23.4 Å². The van der Waals surface area contributed by atoms with Crippen LogP contribution in [0.3, 0.4) is 0 Å². The lowest BCUT2D eigenvalue weighted by atomic mass is 9.88. The maximum Gasteiger partial charge on any atom is 0.318 e. The van der Waals surface area contributed by atoms with Crippen molar-refractivity contribution in [2.24, 2.45) is 5.41 Å². The quantitative estimate of drug-likeness (QED) is 0.400. The smallest absolute Gasteiger partial charge is 0.318 e. The number of carbonyl (C=O) groups is 4. The summed E-state index contributed by atoms with van der Waals surface area (Å²) in [4.78, 5) is 50.4. The molecule has 0 aromatic heterocycles. The van der Waals surface area contributed by atoms with E-state index in [0.717, 1.165) is 0 Å². The molecule has 154 valence electrons. The highest BCUT2D eigenvalue weighted by atomic mass is 32.2. The van der Waals surface area contributed by atoms with Crippen molar-refractivity contribution in [2.45, 2.75) is 18.3 Å². The Morgan fingerprint density at radius 2 is 2.03 bits per heavy atom. The molecule has 9 heteroatoms. The summed E-state index contributed by atoms with van der Waals surface area (Å²) in [6.45, 7) is 4.68. The highest BCUT2D eigenvalue weighted by Gasteiger charge is 2.58. The molecule has 0 bridgehead atoms. The molecule has 3 atom stereocenters. The van der Waals surface area contributed by atoms with Crippen molar-refractivity contribution in [1.82, 2.24) is 10.2 Å². The molecule has 29 heavy (non-hydrogen) atoms. The maximum absolute atomic E-state index is 12.6. The molecule has 2 aliphatic heterocycles. The average molecular weight is 418 g/mol. The van der Waals surface area contributed by atoms with Crippen LogP contribution in [-0.4, -0.2) is 65.6 Å². The molecule has 2 amide bonds. The standard InChI is InChI=1S/C20H22N2O6S/c1-3-9-27-19(26)20(11-28-13(2)23)10-22-17(25)15(18(22)29-12-20)21-16(24)14-7-5-4-6-8-14/h3-8,15,18H,1,9-12H2,2H3,(H,21,24)/t15?,18-,20?/m1/s1. The molecule has 8 nitrogen and oxygen atoms in total. The molecular formula is C20H22N2O6S. The Labute approximate surface area is 172 Å². The van der Waals surface area contributed by atoms with Gasteiger partial charge in [-0.05, 0) is 12.1 Å². The van der Waals surface area contributed by atoms with E-state index in [1.165, 1.54) is 29.7 Å². The number of fused-ring (bicyclic) bond motifs is 1. The van der Waals surface area contributed by atoms with Crippen molar-refractivity contribution >= 4 is 35.5 Å². The van der Waals surface area contributed by atoms with Gasteiger partial charge in [-0.1, -0.05) is 30.9 Å². The Kier molecular flexibility index (Phi) is 6.26. The summed E-state index contributed by atoms with van der Waals surface area (Å²) >= 11 is 1.35. The molecule has 0 saturated carbocycles. The highest BCUT2D eigenvalue weighted by Crippen LogP contribution is 2.43. The van der Waals surface area contributed by atoms with E-state index in [9.17, 15) is 19.2 Å². The molecule has 2 fully saturated rings. The average Bonchev–Trinajstić information content (AvgIpc) is 2.74. The molecule has 2 heterocycles. The van der Waals surface area contributed by atoms with Gasteiger partial charge in [0.1, 0.15) is 30.0 Å². The molecular weight excluding hydrogens is 396 g/mol. The minimum atomic E-state index is -1.15. The molecule has 2 aliphatic rings. The van der Waals surface area contributed by atoms with Crippen LogP contribution in [0.2, 0.25) is 0 Å². The number of rotatable bonds is 7. The lowest BCUT2D eigenvalue weighted by Crippen LogP contribution is -2.74. The minimum Gasteiger partial charge on any atom is -0.465 e. The molecule has 1 N–H and O–H groups in total. The van der Waals surface area contributed by atoms with Crippen LogP contribution in [-0.2, 0) is 23.9 Å². The van der Waals surface area contributed by atoms with Crippen LogP contribution < -0.4 is 5.32 Å². The van der Waals surface area contributed by atoms with Crippen molar-refractivity contribution in [3.05, 3.63) is 48.6 Å². The van der Waals surface area contributed by atoms with Gasteiger partial charge in [0.25, 0.3) is 5.91 Å². The van der Waals surface area contributed by atoms with E-state index in [4.69, 9.17) is 9.47 Å². The van der Waals surface area contributed by atoms with Gasteiger partial charge in [-0.3, -0.25) is 19.2 Å². The number of amides is 2. The Balaban J connectivity index is 1.68. The lowest BCUT2D eigenvalue weighted by molar-refractivity contribution is -0.167. The van der Waals surface area contributed by atoms with E-state index in [1.807, 2.05) is 0 Å². The van der Waals surface area contributed by atoms with E-state index in [1.54, 1.807) is 30.3 Å². The summed E-state index contributed by atoms with van der Waals surface area (Å²) < 4.78 is 10.3. The number of hydrogen-bond donors (Lipinski definition) is 1. The van der Waals surface area contributed by atoms with E-state index in [-0.39, 0.29) is 36.9 Å². The van der Waals surface area contributed by atoms with Crippen LogP contribution in [0, 0.1) is 5.41 Å². The summed E-state index contributed by atoms with van der Waals surface area (Å²) in [6.07, 6.45) is 1.44. The molecule has 2 unspecified atom stereocenters.